The molecule has 0 fully saturated rings. The lowest BCUT2D eigenvalue weighted by Crippen LogP contribution is -2.09. The van der Waals surface area contributed by atoms with Crippen molar-refractivity contribution in [1.29, 1.82) is 0 Å². The van der Waals surface area contributed by atoms with Crippen molar-refractivity contribution in [1.82, 2.24) is 15.0 Å². The summed E-state index contributed by atoms with van der Waals surface area (Å²) in [6.07, 6.45) is 0.650. The van der Waals surface area contributed by atoms with Gasteiger partial charge in [-0.3, -0.25) is 0 Å². The number of rotatable bonds is 3. The quantitative estimate of drug-likeness (QED) is 0.902. The van der Waals surface area contributed by atoms with Crippen molar-refractivity contribution < 1.29 is 0 Å². The van der Waals surface area contributed by atoms with Crippen molar-refractivity contribution in [2.75, 3.05) is 6.54 Å². The Labute approximate surface area is 105 Å². The summed E-state index contributed by atoms with van der Waals surface area (Å²) in [6, 6.07) is 7.45. The van der Waals surface area contributed by atoms with Crippen LogP contribution in [0.25, 0.3) is 11.4 Å². The van der Waals surface area contributed by atoms with Crippen LogP contribution >= 0.6 is 11.6 Å². The lowest BCUT2D eigenvalue weighted by Gasteiger charge is -2.04. The van der Waals surface area contributed by atoms with Gasteiger partial charge in [-0.05, 0) is 25.6 Å². The fraction of sp³-hybridized carbons (Fsp3) is 0.250. The molecule has 2 aromatic rings. The molecule has 1 aromatic carbocycles. The Morgan fingerprint density at radius 1 is 1.24 bits per heavy atom. The van der Waals surface area contributed by atoms with Crippen molar-refractivity contribution >= 4 is 11.6 Å². The number of hydrogen-bond donors (Lipinski definition) is 1. The lowest BCUT2D eigenvalue weighted by atomic mass is 10.2. The standard InChI is InChI=1S/C12H13ClN4/c1-8-15-11(5-6-14)17-12(16-8)9-3-2-4-10(13)7-9/h2-4,7H,5-6,14H2,1H3. The van der Waals surface area contributed by atoms with Crippen molar-refractivity contribution in [3.63, 3.8) is 0 Å². The topological polar surface area (TPSA) is 64.7 Å². The average Bonchev–Trinajstić information content (AvgIpc) is 2.28. The summed E-state index contributed by atoms with van der Waals surface area (Å²) in [5, 5.41) is 0.668. The van der Waals surface area contributed by atoms with E-state index in [2.05, 4.69) is 15.0 Å². The lowest BCUT2D eigenvalue weighted by molar-refractivity contribution is 0.827. The minimum Gasteiger partial charge on any atom is -0.330 e. The van der Waals surface area contributed by atoms with Gasteiger partial charge in [0, 0.05) is 17.0 Å². The average molecular weight is 249 g/mol. The molecule has 0 atom stereocenters. The highest BCUT2D eigenvalue weighted by Crippen LogP contribution is 2.19. The minimum atomic E-state index is 0.526. The third kappa shape index (κ3) is 2.99. The zero-order chi connectivity index (χ0) is 12.3. The van der Waals surface area contributed by atoms with Crippen molar-refractivity contribution in [2.24, 2.45) is 5.73 Å². The van der Waals surface area contributed by atoms with Gasteiger partial charge in [0.05, 0.1) is 0 Å². The first-order chi connectivity index (χ1) is 8.19. The second-order valence-corrected chi connectivity index (χ2v) is 4.11. The predicted molar refractivity (Wildman–Crippen MR) is 67.8 cm³/mol. The van der Waals surface area contributed by atoms with E-state index in [-0.39, 0.29) is 0 Å². The van der Waals surface area contributed by atoms with Crippen LogP contribution in [0, 0.1) is 6.92 Å². The van der Waals surface area contributed by atoms with Gasteiger partial charge in [0.25, 0.3) is 0 Å². The zero-order valence-electron chi connectivity index (χ0n) is 9.52. The number of benzene rings is 1. The van der Waals surface area contributed by atoms with E-state index in [1.165, 1.54) is 0 Å². The maximum atomic E-state index is 5.94. The first kappa shape index (κ1) is 12.0. The highest BCUT2D eigenvalue weighted by atomic mass is 35.5. The fourth-order valence-electron chi connectivity index (χ4n) is 1.53. The van der Waals surface area contributed by atoms with E-state index in [0.29, 0.717) is 29.6 Å². The molecule has 2 N–H and O–H groups in total. The molecule has 0 saturated heterocycles. The van der Waals surface area contributed by atoms with Gasteiger partial charge in [-0.2, -0.15) is 0 Å². The van der Waals surface area contributed by atoms with E-state index in [1.807, 2.05) is 31.2 Å². The summed E-state index contributed by atoms with van der Waals surface area (Å²) >= 11 is 5.94. The molecule has 88 valence electrons. The molecule has 2 rings (SSSR count). The Balaban J connectivity index is 2.44. The summed E-state index contributed by atoms with van der Waals surface area (Å²) in [5.74, 6) is 2.05. The van der Waals surface area contributed by atoms with Crippen LogP contribution in [0.1, 0.15) is 11.6 Å². The van der Waals surface area contributed by atoms with E-state index in [0.717, 1.165) is 11.4 Å². The Morgan fingerprint density at radius 2 is 2.06 bits per heavy atom. The molecule has 0 aliphatic carbocycles. The number of nitrogens with zero attached hydrogens (tertiary/aromatic N) is 3. The Kier molecular flexibility index (Phi) is 3.66. The highest BCUT2D eigenvalue weighted by molar-refractivity contribution is 6.30. The van der Waals surface area contributed by atoms with Crippen molar-refractivity contribution in [3.05, 3.63) is 40.9 Å². The van der Waals surface area contributed by atoms with E-state index < -0.39 is 0 Å². The normalized spacial score (nSPS) is 10.5. The van der Waals surface area contributed by atoms with Gasteiger partial charge in [0.15, 0.2) is 5.82 Å². The molecule has 17 heavy (non-hydrogen) atoms. The molecule has 5 heteroatoms. The van der Waals surface area contributed by atoms with E-state index >= 15 is 0 Å². The van der Waals surface area contributed by atoms with Gasteiger partial charge in [-0.1, -0.05) is 23.7 Å². The smallest absolute Gasteiger partial charge is 0.163 e. The van der Waals surface area contributed by atoms with E-state index in [4.69, 9.17) is 17.3 Å². The molecule has 4 nitrogen and oxygen atoms in total. The molecule has 0 unspecified atom stereocenters. The van der Waals surface area contributed by atoms with E-state index in [1.54, 1.807) is 0 Å². The van der Waals surface area contributed by atoms with Crippen LogP contribution in [0.15, 0.2) is 24.3 Å². The summed E-state index contributed by atoms with van der Waals surface area (Å²) in [5.41, 5.74) is 6.39. The summed E-state index contributed by atoms with van der Waals surface area (Å²) in [4.78, 5) is 12.9. The van der Waals surface area contributed by atoms with Gasteiger partial charge in [0.1, 0.15) is 11.6 Å². The molecule has 0 aliphatic heterocycles. The Hall–Kier alpha value is -1.52. The maximum absolute atomic E-state index is 5.94. The SMILES string of the molecule is Cc1nc(CCN)nc(-c2cccc(Cl)c2)n1. The van der Waals surface area contributed by atoms with Gasteiger partial charge in [-0.25, -0.2) is 15.0 Å². The molecule has 0 radical (unpaired) electrons. The molecular formula is C12H13ClN4. The van der Waals surface area contributed by atoms with Gasteiger partial charge < -0.3 is 5.73 Å². The van der Waals surface area contributed by atoms with Crippen molar-refractivity contribution in [3.8, 4) is 11.4 Å². The highest BCUT2D eigenvalue weighted by Gasteiger charge is 2.06. The van der Waals surface area contributed by atoms with Gasteiger partial charge in [0.2, 0.25) is 0 Å². The fourth-order valence-corrected chi connectivity index (χ4v) is 1.73. The third-order valence-corrected chi connectivity index (χ3v) is 2.48. The second kappa shape index (κ2) is 5.21. The number of aryl methyl sites for hydroxylation is 1. The second-order valence-electron chi connectivity index (χ2n) is 3.67. The van der Waals surface area contributed by atoms with Crippen LogP contribution < -0.4 is 5.73 Å². The molecule has 1 heterocycles. The van der Waals surface area contributed by atoms with Crippen LogP contribution in [0.3, 0.4) is 0 Å². The van der Waals surface area contributed by atoms with Gasteiger partial charge in [-0.15, -0.1) is 0 Å². The minimum absolute atomic E-state index is 0.526. The first-order valence-electron chi connectivity index (χ1n) is 5.36. The van der Waals surface area contributed by atoms with Crippen LogP contribution in [0.4, 0.5) is 0 Å². The Bertz CT molecular complexity index is 528. The van der Waals surface area contributed by atoms with Crippen LogP contribution in [0.5, 0.6) is 0 Å². The summed E-state index contributed by atoms with van der Waals surface area (Å²) in [7, 11) is 0. The van der Waals surface area contributed by atoms with Crippen LogP contribution in [0.2, 0.25) is 5.02 Å². The predicted octanol–water partition coefficient (Wildman–Crippen LogP) is 2.00. The largest absolute Gasteiger partial charge is 0.330 e. The molecule has 0 bridgehead atoms. The third-order valence-electron chi connectivity index (χ3n) is 2.24. The van der Waals surface area contributed by atoms with Gasteiger partial charge >= 0.3 is 0 Å². The molecule has 1 aromatic heterocycles. The number of hydrogen-bond acceptors (Lipinski definition) is 4. The molecule has 0 saturated carbocycles. The summed E-state index contributed by atoms with van der Waals surface area (Å²) < 4.78 is 0. The van der Waals surface area contributed by atoms with Crippen LogP contribution in [-0.2, 0) is 6.42 Å². The van der Waals surface area contributed by atoms with Crippen LogP contribution in [-0.4, -0.2) is 21.5 Å². The van der Waals surface area contributed by atoms with Crippen molar-refractivity contribution in [2.45, 2.75) is 13.3 Å². The molecule has 0 amide bonds. The molecule has 0 spiro atoms. The Morgan fingerprint density at radius 3 is 2.76 bits per heavy atom. The number of aromatic nitrogens is 3. The molecular weight excluding hydrogens is 236 g/mol. The first-order valence-corrected chi connectivity index (χ1v) is 5.74. The number of nitrogens with two attached hydrogens (primary N) is 1. The summed E-state index contributed by atoms with van der Waals surface area (Å²) in [6.45, 7) is 2.37. The monoisotopic (exact) mass is 248 g/mol. The maximum Gasteiger partial charge on any atom is 0.163 e. The molecule has 0 aliphatic rings. The zero-order valence-corrected chi connectivity index (χ0v) is 10.3. The van der Waals surface area contributed by atoms with E-state index in [9.17, 15) is 0 Å². The number of halogens is 1.